The molecule has 5 heteroatoms. The molecule has 0 aliphatic rings. The summed E-state index contributed by atoms with van der Waals surface area (Å²) in [5.41, 5.74) is 1.47. The Bertz CT molecular complexity index is 415. The predicted molar refractivity (Wildman–Crippen MR) is 69.6 cm³/mol. The zero-order valence-corrected chi connectivity index (χ0v) is 10.6. The van der Waals surface area contributed by atoms with E-state index in [1.165, 1.54) is 13.8 Å². The second kappa shape index (κ2) is 6.76. The third-order valence-corrected chi connectivity index (χ3v) is 2.42. The Morgan fingerprint density at radius 3 is 2.28 bits per heavy atom. The van der Waals surface area contributed by atoms with Crippen molar-refractivity contribution in [1.29, 1.82) is 0 Å². The Balaban J connectivity index is 2.39. The normalized spacial score (nSPS) is 11.7. The van der Waals surface area contributed by atoms with Gasteiger partial charge in [0.15, 0.2) is 5.78 Å². The highest BCUT2D eigenvalue weighted by molar-refractivity contribution is 5.94. The summed E-state index contributed by atoms with van der Waals surface area (Å²) in [7, 11) is 0. The first kappa shape index (κ1) is 14.2. The molecule has 5 nitrogen and oxygen atoms in total. The maximum atomic E-state index is 11.1. The van der Waals surface area contributed by atoms with E-state index in [2.05, 4.69) is 10.6 Å². The Labute approximate surface area is 106 Å². The number of amides is 1. The number of hydrogen-bond acceptors (Lipinski definition) is 4. The van der Waals surface area contributed by atoms with Crippen LogP contribution in [0.4, 0.5) is 5.69 Å². The van der Waals surface area contributed by atoms with Crippen LogP contribution in [0.5, 0.6) is 0 Å². The van der Waals surface area contributed by atoms with Crippen molar-refractivity contribution in [2.24, 2.45) is 0 Å². The molecule has 1 amide bonds. The molecule has 0 radical (unpaired) electrons. The number of rotatable bonds is 6. The number of anilines is 1. The van der Waals surface area contributed by atoms with Crippen LogP contribution in [0.2, 0.25) is 0 Å². The second-order valence-corrected chi connectivity index (χ2v) is 4.11. The molecule has 0 aromatic heterocycles. The van der Waals surface area contributed by atoms with Crippen molar-refractivity contribution >= 4 is 17.4 Å². The van der Waals surface area contributed by atoms with Gasteiger partial charge in [0.05, 0.1) is 6.10 Å². The van der Waals surface area contributed by atoms with Crippen molar-refractivity contribution in [3.8, 4) is 0 Å². The standard InChI is InChI=1S/C13H18N2O3/c1-9(16)11-3-5-12(6-4-11)15-8-13(18)7-14-10(2)17/h3-6,13,15,18H,7-8H2,1-2H3,(H,14,17). The second-order valence-electron chi connectivity index (χ2n) is 4.11. The molecule has 0 heterocycles. The van der Waals surface area contributed by atoms with Crippen molar-refractivity contribution < 1.29 is 14.7 Å². The van der Waals surface area contributed by atoms with E-state index < -0.39 is 6.10 Å². The fourth-order valence-corrected chi connectivity index (χ4v) is 1.39. The molecule has 1 aromatic rings. The summed E-state index contributed by atoms with van der Waals surface area (Å²) in [5, 5.41) is 15.1. The van der Waals surface area contributed by atoms with Gasteiger partial charge in [-0.25, -0.2) is 0 Å². The van der Waals surface area contributed by atoms with E-state index in [4.69, 9.17) is 0 Å². The summed E-state index contributed by atoms with van der Waals surface area (Å²) in [5.74, 6) is -0.146. The Kier molecular flexibility index (Phi) is 5.32. The molecule has 1 unspecified atom stereocenters. The molecular weight excluding hydrogens is 232 g/mol. The van der Waals surface area contributed by atoms with Crippen LogP contribution in [-0.4, -0.2) is 36.0 Å². The molecule has 0 aliphatic carbocycles. The Morgan fingerprint density at radius 2 is 1.78 bits per heavy atom. The molecule has 98 valence electrons. The van der Waals surface area contributed by atoms with Crippen LogP contribution < -0.4 is 10.6 Å². The number of aliphatic hydroxyl groups excluding tert-OH is 1. The van der Waals surface area contributed by atoms with E-state index >= 15 is 0 Å². The average molecular weight is 250 g/mol. The number of Topliss-reactive ketones (excluding diaryl/α,β-unsaturated/α-hetero) is 1. The highest BCUT2D eigenvalue weighted by Gasteiger charge is 2.04. The topological polar surface area (TPSA) is 78.4 Å². The molecule has 18 heavy (non-hydrogen) atoms. The van der Waals surface area contributed by atoms with Crippen LogP contribution in [0.15, 0.2) is 24.3 Å². The van der Waals surface area contributed by atoms with Gasteiger partial charge < -0.3 is 15.7 Å². The molecule has 3 N–H and O–H groups in total. The molecule has 0 fully saturated rings. The number of benzene rings is 1. The summed E-state index contributed by atoms with van der Waals surface area (Å²) in [6.45, 7) is 3.47. The summed E-state index contributed by atoms with van der Waals surface area (Å²) >= 11 is 0. The molecular formula is C13H18N2O3. The lowest BCUT2D eigenvalue weighted by atomic mass is 10.1. The van der Waals surface area contributed by atoms with E-state index in [9.17, 15) is 14.7 Å². The minimum absolute atomic E-state index is 0.0206. The first-order valence-corrected chi connectivity index (χ1v) is 5.76. The summed E-state index contributed by atoms with van der Waals surface area (Å²) in [6, 6.07) is 7.01. The van der Waals surface area contributed by atoms with Crippen LogP contribution >= 0.6 is 0 Å². The van der Waals surface area contributed by atoms with Crippen LogP contribution in [0.3, 0.4) is 0 Å². The van der Waals surface area contributed by atoms with E-state index in [-0.39, 0.29) is 18.2 Å². The fourth-order valence-electron chi connectivity index (χ4n) is 1.39. The van der Waals surface area contributed by atoms with Gasteiger partial charge in [-0.3, -0.25) is 9.59 Å². The van der Waals surface area contributed by atoms with Crippen molar-refractivity contribution in [2.45, 2.75) is 20.0 Å². The first-order chi connectivity index (χ1) is 8.49. The molecule has 0 bridgehead atoms. The summed E-state index contributed by atoms with van der Waals surface area (Å²) < 4.78 is 0. The molecule has 0 saturated heterocycles. The largest absolute Gasteiger partial charge is 0.389 e. The van der Waals surface area contributed by atoms with Crippen molar-refractivity contribution in [3.63, 3.8) is 0 Å². The minimum Gasteiger partial charge on any atom is -0.389 e. The molecule has 0 saturated carbocycles. The van der Waals surface area contributed by atoms with Crippen LogP contribution in [0.25, 0.3) is 0 Å². The van der Waals surface area contributed by atoms with Gasteiger partial charge in [0, 0.05) is 31.3 Å². The number of hydrogen-bond donors (Lipinski definition) is 3. The molecule has 0 spiro atoms. The van der Waals surface area contributed by atoms with E-state index in [0.717, 1.165) is 5.69 Å². The lowest BCUT2D eigenvalue weighted by molar-refractivity contribution is -0.119. The predicted octanol–water partition coefficient (Wildman–Crippen LogP) is 0.798. The molecule has 0 aliphatic heterocycles. The number of aliphatic hydroxyl groups is 1. The van der Waals surface area contributed by atoms with Gasteiger partial charge in [0.2, 0.25) is 5.91 Å². The highest BCUT2D eigenvalue weighted by atomic mass is 16.3. The lowest BCUT2D eigenvalue weighted by Gasteiger charge is -2.13. The zero-order chi connectivity index (χ0) is 13.5. The summed E-state index contributed by atoms with van der Waals surface area (Å²) in [4.78, 5) is 21.7. The Hall–Kier alpha value is -1.88. The monoisotopic (exact) mass is 250 g/mol. The lowest BCUT2D eigenvalue weighted by Crippen LogP contribution is -2.34. The van der Waals surface area contributed by atoms with Gasteiger partial charge in [0.1, 0.15) is 0 Å². The third kappa shape index (κ3) is 4.97. The van der Waals surface area contributed by atoms with Gasteiger partial charge in [0.25, 0.3) is 0 Å². The number of ketones is 1. The highest BCUT2D eigenvalue weighted by Crippen LogP contribution is 2.09. The Morgan fingerprint density at radius 1 is 1.17 bits per heavy atom. The number of carbonyl (C=O) groups is 2. The maximum absolute atomic E-state index is 11.1. The third-order valence-electron chi connectivity index (χ3n) is 2.42. The van der Waals surface area contributed by atoms with E-state index in [1.54, 1.807) is 24.3 Å². The maximum Gasteiger partial charge on any atom is 0.216 e. The number of carbonyl (C=O) groups excluding carboxylic acids is 2. The van der Waals surface area contributed by atoms with Crippen molar-refractivity contribution in [2.75, 3.05) is 18.4 Å². The van der Waals surface area contributed by atoms with E-state index in [0.29, 0.717) is 12.1 Å². The van der Waals surface area contributed by atoms with Gasteiger partial charge in [-0.2, -0.15) is 0 Å². The quantitative estimate of drug-likeness (QED) is 0.652. The van der Waals surface area contributed by atoms with E-state index in [1.807, 2.05) is 0 Å². The SMILES string of the molecule is CC(=O)NCC(O)CNc1ccc(C(C)=O)cc1. The molecule has 1 rings (SSSR count). The molecule has 1 aromatic carbocycles. The summed E-state index contributed by atoms with van der Waals surface area (Å²) in [6.07, 6.45) is -0.651. The van der Waals surface area contributed by atoms with Gasteiger partial charge in [-0.05, 0) is 31.2 Å². The fraction of sp³-hybridized carbons (Fsp3) is 0.385. The van der Waals surface area contributed by atoms with Crippen LogP contribution in [0, 0.1) is 0 Å². The van der Waals surface area contributed by atoms with Gasteiger partial charge in [-0.15, -0.1) is 0 Å². The van der Waals surface area contributed by atoms with Gasteiger partial charge in [-0.1, -0.05) is 0 Å². The van der Waals surface area contributed by atoms with Crippen molar-refractivity contribution in [1.82, 2.24) is 5.32 Å². The first-order valence-electron chi connectivity index (χ1n) is 5.76. The van der Waals surface area contributed by atoms with Gasteiger partial charge >= 0.3 is 0 Å². The molecule has 1 atom stereocenters. The minimum atomic E-state index is -0.651. The smallest absolute Gasteiger partial charge is 0.216 e. The zero-order valence-electron chi connectivity index (χ0n) is 10.6. The van der Waals surface area contributed by atoms with Crippen LogP contribution in [0.1, 0.15) is 24.2 Å². The van der Waals surface area contributed by atoms with Crippen LogP contribution in [-0.2, 0) is 4.79 Å². The average Bonchev–Trinajstić information content (AvgIpc) is 2.34. The number of nitrogens with one attached hydrogen (secondary N) is 2. The van der Waals surface area contributed by atoms with Crippen molar-refractivity contribution in [3.05, 3.63) is 29.8 Å².